The molecule has 2 heterocycles. The van der Waals surface area contributed by atoms with Gasteiger partial charge in [0.05, 0.1) is 0 Å². The Morgan fingerprint density at radius 1 is 1.04 bits per heavy atom. The highest BCUT2D eigenvalue weighted by Crippen LogP contribution is 2.33. The smallest absolute Gasteiger partial charge is 0.241 e. The molecule has 2 saturated heterocycles. The molecule has 2 aliphatic heterocycles. The summed E-state index contributed by atoms with van der Waals surface area (Å²) in [5.74, 6) is 1.55. The van der Waals surface area contributed by atoms with Crippen LogP contribution < -0.4 is 10.9 Å². The molecule has 1 amide bonds. The van der Waals surface area contributed by atoms with Crippen molar-refractivity contribution in [2.75, 3.05) is 13.1 Å². The van der Waals surface area contributed by atoms with E-state index in [4.69, 9.17) is 0 Å². The van der Waals surface area contributed by atoms with E-state index in [-0.39, 0.29) is 6.04 Å². The van der Waals surface area contributed by atoms with Crippen LogP contribution in [0.2, 0.25) is 0 Å². The van der Waals surface area contributed by atoms with Gasteiger partial charge in [-0.1, -0.05) is 36.8 Å². The molecule has 0 aromatic heterocycles. The summed E-state index contributed by atoms with van der Waals surface area (Å²) < 4.78 is 0. The Bertz CT molecular complexity index is 539. The average Bonchev–Trinajstić information content (AvgIpc) is 3.19. The molecule has 3 aliphatic rings. The number of hydrogen-bond acceptors (Lipinski definition) is 3. The second kappa shape index (κ2) is 6.62. The van der Waals surface area contributed by atoms with Crippen LogP contribution >= 0.6 is 0 Å². The van der Waals surface area contributed by atoms with Gasteiger partial charge in [0.15, 0.2) is 0 Å². The van der Waals surface area contributed by atoms with Crippen molar-refractivity contribution >= 4 is 5.91 Å². The topological polar surface area (TPSA) is 44.4 Å². The van der Waals surface area contributed by atoms with E-state index in [2.05, 4.69) is 46.1 Å². The molecule has 1 aromatic carbocycles. The molecule has 4 nitrogen and oxygen atoms in total. The second-order valence-electron chi connectivity index (χ2n) is 7.43. The Morgan fingerprint density at radius 2 is 1.83 bits per heavy atom. The molecule has 0 spiro atoms. The zero-order valence-electron chi connectivity index (χ0n) is 13.7. The Hall–Kier alpha value is -1.39. The highest BCUT2D eigenvalue weighted by molar-refractivity contribution is 5.82. The van der Waals surface area contributed by atoms with E-state index >= 15 is 0 Å². The number of hydrazine groups is 1. The number of rotatable bonds is 3. The first-order valence-corrected chi connectivity index (χ1v) is 9.15. The van der Waals surface area contributed by atoms with Crippen molar-refractivity contribution in [3.63, 3.8) is 0 Å². The van der Waals surface area contributed by atoms with E-state index in [1.807, 2.05) is 0 Å². The molecule has 1 aromatic rings. The van der Waals surface area contributed by atoms with Gasteiger partial charge in [0.1, 0.15) is 6.04 Å². The van der Waals surface area contributed by atoms with Crippen LogP contribution in [0.5, 0.6) is 0 Å². The highest BCUT2D eigenvalue weighted by Gasteiger charge is 2.44. The molecule has 0 bridgehead atoms. The summed E-state index contributed by atoms with van der Waals surface area (Å²) >= 11 is 0. The molecule has 3 atom stereocenters. The van der Waals surface area contributed by atoms with Crippen LogP contribution in [0.4, 0.5) is 0 Å². The van der Waals surface area contributed by atoms with Crippen molar-refractivity contribution in [2.24, 2.45) is 11.8 Å². The van der Waals surface area contributed by atoms with Gasteiger partial charge < -0.3 is 4.90 Å². The Kier molecular flexibility index (Phi) is 4.36. The summed E-state index contributed by atoms with van der Waals surface area (Å²) in [5, 5.41) is 0. The fourth-order valence-corrected chi connectivity index (χ4v) is 4.62. The van der Waals surface area contributed by atoms with Crippen LogP contribution in [0.3, 0.4) is 0 Å². The standard InChI is InChI=1S/C19H27N3O/c23-19(18-16-7-4-8-17(16)20-21-18)22-11-9-15(10-12-22)13-14-5-2-1-3-6-14/h1-3,5-6,15-18,20-21H,4,7-13H2. The first-order chi connectivity index (χ1) is 11.3. The molecule has 3 unspecified atom stereocenters. The van der Waals surface area contributed by atoms with Crippen LogP contribution in [0.1, 0.15) is 37.7 Å². The van der Waals surface area contributed by atoms with Gasteiger partial charge in [0.2, 0.25) is 5.91 Å². The molecule has 1 saturated carbocycles. The Labute approximate surface area is 138 Å². The van der Waals surface area contributed by atoms with Gasteiger partial charge in [-0.3, -0.25) is 10.2 Å². The average molecular weight is 313 g/mol. The third kappa shape index (κ3) is 3.15. The minimum Gasteiger partial charge on any atom is -0.341 e. The molecule has 0 radical (unpaired) electrons. The monoisotopic (exact) mass is 313 g/mol. The van der Waals surface area contributed by atoms with Gasteiger partial charge in [-0.15, -0.1) is 0 Å². The number of fused-ring (bicyclic) bond motifs is 1. The van der Waals surface area contributed by atoms with E-state index in [1.54, 1.807) is 0 Å². The van der Waals surface area contributed by atoms with Crippen molar-refractivity contribution in [2.45, 2.75) is 50.6 Å². The SMILES string of the molecule is O=C(C1NNC2CCCC21)N1CCC(Cc2ccccc2)CC1. The number of carbonyl (C=O) groups is 1. The minimum atomic E-state index is 0.00757. The lowest BCUT2D eigenvalue weighted by atomic mass is 9.89. The predicted octanol–water partition coefficient (Wildman–Crippen LogP) is 2.11. The molecule has 4 rings (SSSR count). The van der Waals surface area contributed by atoms with Crippen LogP contribution in [0.15, 0.2) is 30.3 Å². The van der Waals surface area contributed by atoms with E-state index in [1.165, 1.54) is 24.8 Å². The summed E-state index contributed by atoms with van der Waals surface area (Å²) in [4.78, 5) is 14.9. The molecule has 1 aliphatic carbocycles. The van der Waals surface area contributed by atoms with E-state index in [0.29, 0.717) is 17.9 Å². The minimum absolute atomic E-state index is 0.00757. The summed E-state index contributed by atoms with van der Waals surface area (Å²) in [7, 11) is 0. The molecule has 23 heavy (non-hydrogen) atoms. The lowest BCUT2D eigenvalue weighted by Crippen LogP contribution is -2.50. The van der Waals surface area contributed by atoms with E-state index in [0.717, 1.165) is 38.3 Å². The number of nitrogens with zero attached hydrogens (tertiary/aromatic N) is 1. The summed E-state index contributed by atoms with van der Waals surface area (Å²) in [5.41, 5.74) is 8.02. The summed E-state index contributed by atoms with van der Waals surface area (Å²) in [6.07, 6.45) is 7.07. The van der Waals surface area contributed by atoms with Crippen LogP contribution in [-0.4, -0.2) is 36.0 Å². The maximum Gasteiger partial charge on any atom is 0.241 e. The first kappa shape index (κ1) is 15.2. The van der Waals surface area contributed by atoms with Gasteiger partial charge in [-0.2, -0.15) is 0 Å². The zero-order valence-corrected chi connectivity index (χ0v) is 13.7. The molecule has 3 fully saturated rings. The molecular weight excluding hydrogens is 286 g/mol. The fourth-order valence-electron chi connectivity index (χ4n) is 4.62. The Morgan fingerprint density at radius 3 is 2.61 bits per heavy atom. The maximum absolute atomic E-state index is 12.8. The molecule has 4 heteroatoms. The van der Waals surface area contributed by atoms with Gasteiger partial charge in [0, 0.05) is 25.0 Å². The second-order valence-corrected chi connectivity index (χ2v) is 7.43. The van der Waals surface area contributed by atoms with E-state index in [9.17, 15) is 4.79 Å². The largest absolute Gasteiger partial charge is 0.341 e. The van der Waals surface area contributed by atoms with E-state index < -0.39 is 0 Å². The molecule has 124 valence electrons. The van der Waals surface area contributed by atoms with Crippen molar-refractivity contribution in [3.05, 3.63) is 35.9 Å². The summed E-state index contributed by atoms with van der Waals surface area (Å²) in [6, 6.07) is 11.3. The summed E-state index contributed by atoms with van der Waals surface area (Å²) in [6.45, 7) is 1.85. The van der Waals surface area contributed by atoms with Crippen molar-refractivity contribution < 1.29 is 4.79 Å². The van der Waals surface area contributed by atoms with Crippen molar-refractivity contribution in [3.8, 4) is 0 Å². The number of carbonyl (C=O) groups excluding carboxylic acids is 1. The lowest BCUT2D eigenvalue weighted by molar-refractivity contribution is -0.135. The van der Waals surface area contributed by atoms with Gasteiger partial charge in [0.25, 0.3) is 0 Å². The number of likely N-dealkylation sites (tertiary alicyclic amines) is 1. The molecule has 2 N–H and O–H groups in total. The number of benzene rings is 1. The quantitative estimate of drug-likeness (QED) is 0.898. The van der Waals surface area contributed by atoms with Gasteiger partial charge in [-0.25, -0.2) is 5.43 Å². The van der Waals surface area contributed by atoms with Crippen molar-refractivity contribution in [1.29, 1.82) is 0 Å². The fraction of sp³-hybridized carbons (Fsp3) is 0.632. The normalized spacial score (nSPS) is 31.3. The number of nitrogens with one attached hydrogen (secondary N) is 2. The highest BCUT2D eigenvalue weighted by atomic mass is 16.2. The number of amides is 1. The maximum atomic E-state index is 12.8. The number of hydrogen-bond donors (Lipinski definition) is 2. The van der Waals surface area contributed by atoms with Gasteiger partial charge >= 0.3 is 0 Å². The third-order valence-electron chi connectivity index (χ3n) is 5.98. The third-order valence-corrected chi connectivity index (χ3v) is 5.98. The number of piperidine rings is 1. The van der Waals surface area contributed by atoms with Crippen LogP contribution in [0.25, 0.3) is 0 Å². The van der Waals surface area contributed by atoms with Gasteiger partial charge in [-0.05, 0) is 43.6 Å². The van der Waals surface area contributed by atoms with Crippen LogP contribution in [0, 0.1) is 11.8 Å². The Balaban J connectivity index is 1.30. The molecular formula is C19H27N3O. The van der Waals surface area contributed by atoms with Crippen LogP contribution in [-0.2, 0) is 11.2 Å². The zero-order chi connectivity index (χ0) is 15.6. The van der Waals surface area contributed by atoms with Crippen molar-refractivity contribution in [1.82, 2.24) is 15.8 Å². The predicted molar refractivity (Wildman–Crippen MR) is 90.6 cm³/mol. The lowest BCUT2D eigenvalue weighted by Gasteiger charge is -2.34. The first-order valence-electron chi connectivity index (χ1n) is 9.15.